The molecule has 4 rings (SSSR count). The summed E-state index contributed by atoms with van der Waals surface area (Å²) in [6.45, 7) is 0. The number of benzene rings is 1. The maximum atomic E-state index is 13.1. The van der Waals surface area contributed by atoms with Crippen LogP contribution < -0.4 is 13.9 Å². The number of nitrogens with zero attached hydrogens (tertiary/aromatic N) is 2. The standard InChI is InChI=1S/C22H14Cl3N3O4/c23-14-6-4-13(5-7-14)9-15-10-16(17-3-1-2-8-28(15)17)21(29)22(30)27-20-18(31-24)11-26-12-19(20)32-25/h1-8,10-12H,9H2,(H,26,27,30). The number of fused-ring (bicyclic) bond motifs is 1. The number of anilines is 1. The first-order valence-corrected chi connectivity index (χ1v) is 10.3. The highest BCUT2D eigenvalue weighted by molar-refractivity contribution is 6.48. The van der Waals surface area contributed by atoms with E-state index in [1.165, 1.54) is 12.4 Å². The van der Waals surface area contributed by atoms with Crippen LogP contribution in [0.5, 0.6) is 11.5 Å². The van der Waals surface area contributed by atoms with E-state index in [1.807, 2.05) is 28.8 Å². The number of pyridine rings is 2. The summed E-state index contributed by atoms with van der Waals surface area (Å²) < 4.78 is 11.2. The second kappa shape index (κ2) is 9.48. The van der Waals surface area contributed by atoms with Gasteiger partial charge in [0.15, 0.2) is 11.5 Å². The highest BCUT2D eigenvalue weighted by Gasteiger charge is 2.25. The molecule has 0 fully saturated rings. The molecule has 162 valence electrons. The van der Waals surface area contributed by atoms with E-state index in [1.54, 1.807) is 30.3 Å². The summed E-state index contributed by atoms with van der Waals surface area (Å²) in [6, 6.07) is 14.5. The predicted molar refractivity (Wildman–Crippen MR) is 122 cm³/mol. The average Bonchev–Trinajstić information content (AvgIpc) is 3.18. The first-order valence-electron chi connectivity index (χ1n) is 9.26. The number of nitrogens with one attached hydrogen (secondary N) is 1. The Bertz CT molecular complexity index is 1280. The Kier molecular flexibility index (Phi) is 6.50. The molecule has 3 aromatic heterocycles. The molecule has 0 aliphatic rings. The summed E-state index contributed by atoms with van der Waals surface area (Å²) in [5.74, 6) is -1.74. The monoisotopic (exact) mass is 489 g/mol. The number of carbonyl (C=O) groups excluding carboxylic acids is 2. The lowest BCUT2D eigenvalue weighted by Gasteiger charge is -2.10. The van der Waals surface area contributed by atoms with E-state index < -0.39 is 11.7 Å². The molecular weight excluding hydrogens is 477 g/mol. The van der Waals surface area contributed by atoms with Crippen molar-refractivity contribution in [2.45, 2.75) is 6.42 Å². The quantitative estimate of drug-likeness (QED) is 0.275. The fourth-order valence-electron chi connectivity index (χ4n) is 3.31. The summed E-state index contributed by atoms with van der Waals surface area (Å²) >= 11 is 16.8. The lowest BCUT2D eigenvalue weighted by atomic mass is 10.1. The predicted octanol–water partition coefficient (Wildman–Crippen LogP) is 5.47. The highest BCUT2D eigenvalue weighted by Crippen LogP contribution is 2.35. The van der Waals surface area contributed by atoms with E-state index in [0.29, 0.717) is 17.0 Å². The van der Waals surface area contributed by atoms with Crippen LogP contribution in [0.1, 0.15) is 21.6 Å². The van der Waals surface area contributed by atoms with Crippen LogP contribution in [-0.2, 0) is 11.2 Å². The van der Waals surface area contributed by atoms with Gasteiger partial charge in [-0.15, -0.1) is 0 Å². The van der Waals surface area contributed by atoms with Crippen LogP contribution in [-0.4, -0.2) is 21.1 Å². The van der Waals surface area contributed by atoms with Crippen LogP contribution in [0.3, 0.4) is 0 Å². The zero-order chi connectivity index (χ0) is 22.7. The molecule has 10 heteroatoms. The molecule has 4 aromatic rings. The Hall–Kier alpha value is -3.26. The van der Waals surface area contributed by atoms with Gasteiger partial charge in [0.2, 0.25) is 0 Å². The topological polar surface area (TPSA) is 81.9 Å². The van der Waals surface area contributed by atoms with Gasteiger partial charge >= 0.3 is 0 Å². The number of hydrogen-bond donors (Lipinski definition) is 1. The first-order chi connectivity index (χ1) is 15.5. The SMILES string of the molecule is O=C(Nc1c(OCl)cncc1OCl)C(=O)c1cc(Cc2ccc(Cl)cc2)n2ccccc12. The van der Waals surface area contributed by atoms with Crippen LogP contribution in [0.2, 0.25) is 5.02 Å². The van der Waals surface area contributed by atoms with Crippen molar-refractivity contribution in [1.82, 2.24) is 9.38 Å². The molecule has 1 amide bonds. The zero-order valence-corrected chi connectivity index (χ0v) is 18.5. The van der Waals surface area contributed by atoms with Gasteiger partial charge in [-0.1, -0.05) is 29.8 Å². The summed E-state index contributed by atoms with van der Waals surface area (Å²) in [4.78, 5) is 29.7. The summed E-state index contributed by atoms with van der Waals surface area (Å²) in [7, 11) is 0. The minimum Gasteiger partial charge on any atom is -0.382 e. The molecule has 0 saturated heterocycles. The van der Waals surface area contributed by atoms with Gasteiger partial charge in [-0.05, 0) is 35.9 Å². The number of rotatable bonds is 7. The van der Waals surface area contributed by atoms with Crippen LogP contribution in [0, 0.1) is 0 Å². The number of ketones is 1. The Labute approximate surface area is 197 Å². The van der Waals surface area contributed by atoms with Crippen LogP contribution in [0.25, 0.3) is 5.52 Å². The minimum atomic E-state index is -0.921. The van der Waals surface area contributed by atoms with Crippen LogP contribution >= 0.6 is 35.3 Å². The van der Waals surface area contributed by atoms with Gasteiger partial charge in [0.1, 0.15) is 29.4 Å². The summed E-state index contributed by atoms with van der Waals surface area (Å²) in [5, 5.41) is 3.07. The molecule has 0 aliphatic heterocycles. The molecule has 0 saturated carbocycles. The lowest BCUT2D eigenvalue weighted by molar-refractivity contribution is -0.112. The number of halogens is 3. The zero-order valence-electron chi connectivity index (χ0n) is 16.2. The minimum absolute atomic E-state index is 0.0201. The van der Waals surface area contributed by atoms with Crippen molar-refractivity contribution in [3.05, 3.63) is 89.0 Å². The number of carbonyl (C=O) groups is 2. The van der Waals surface area contributed by atoms with Crippen molar-refractivity contribution in [3.63, 3.8) is 0 Å². The second-order valence-electron chi connectivity index (χ2n) is 6.76. The normalized spacial score (nSPS) is 10.7. The molecule has 0 spiro atoms. The Morgan fingerprint density at radius 1 is 1.00 bits per heavy atom. The maximum Gasteiger partial charge on any atom is 0.297 e. The van der Waals surface area contributed by atoms with E-state index in [4.69, 9.17) is 35.3 Å². The van der Waals surface area contributed by atoms with Crippen LogP contribution in [0.15, 0.2) is 67.1 Å². The van der Waals surface area contributed by atoms with Gasteiger partial charge in [0, 0.05) is 23.3 Å². The van der Waals surface area contributed by atoms with Crippen molar-refractivity contribution < 1.29 is 18.2 Å². The van der Waals surface area contributed by atoms with Crippen molar-refractivity contribution in [3.8, 4) is 11.5 Å². The third-order valence-corrected chi connectivity index (χ3v) is 5.37. The Morgan fingerprint density at radius 3 is 2.34 bits per heavy atom. The second-order valence-corrected chi connectivity index (χ2v) is 7.50. The largest absolute Gasteiger partial charge is 0.382 e. The summed E-state index contributed by atoms with van der Waals surface area (Å²) in [6.07, 6.45) is 4.85. The lowest BCUT2D eigenvalue weighted by Crippen LogP contribution is -2.23. The smallest absolute Gasteiger partial charge is 0.297 e. The molecule has 0 bridgehead atoms. The van der Waals surface area contributed by atoms with Crippen molar-refractivity contribution in [1.29, 1.82) is 0 Å². The number of amides is 1. The highest BCUT2D eigenvalue weighted by atomic mass is 35.5. The Balaban J connectivity index is 1.67. The molecule has 0 atom stereocenters. The molecule has 0 unspecified atom stereocenters. The molecule has 3 heterocycles. The Morgan fingerprint density at radius 2 is 1.69 bits per heavy atom. The van der Waals surface area contributed by atoms with Crippen LogP contribution in [0.4, 0.5) is 5.69 Å². The molecule has 0 aliphatic carbocycles. The third-order valence-electron chi connectivity index (χ3n) is 4.79. The first kappa shape index (κ1) is 22.0. The van der Waals surface area contributed by atoms with Gasteiger partial charge in [-0.3, -0.25) is 14.6 Å². The maximum absolute atomic E-state index is 13.1. The molecule has 1 N–H and O–H groups in total. The summed E-state index contributed by atoms with van der Waals surface area (Å²) in [5.41, 5.74) is 2.65. The van der Waals surface area contributed by atoms with Crippen molar-refractivity contribution in [2.24, 2.45) is 0 Å². The van der Waals surface area contributed by atoms with E-state index in [-0.39, 0.29) is 22.7 Å². The molecule has 0 radical (unpaired) electrons. The molecule has 32 heavy (non-hydrogen) atoms. The van der Waals surface area contributed by atoms with E-state index in [2.05, 4.69) is 18.9 Å². The fourth-order valence-corrected chi connectivity index (χ4v) is 3.67. The van der Waals surface area contributed by atoms with E-state index >= 15 is 0 Å². The molecule has 1 aromatic carbocycles. The van der Waals surface area contributed by atoms with Crippen molar-refractivity contribution >= 4 is 58.2 Å². The molecule has 7 nitrogen and oxygen atoms in total. The van der Waals surface area contributed by atoms with Gasteiger partial charge in [0.25, 0.3) is 11.7 Å². The number of Topliss-reactive ketones (excluding diaryl/α,β-unsaturated/α-hetero) is 1. The van der Waals surface area contributed by atoms with Gasteiger partial charge in [-0.25, -0.2) is 0 Å². The number of hydrogen-bond acceptors (Lipinski definition) is 5. The number of aromatic nitrogens is 2. The van der Waals surface area contributed by atoms with Crippen molar-refractivity contribution in [2.75, 3.05) is 5.32 Å². The van der Waals surface area contributed by atoms with E-state index in [0.717, 1.165) is 11.3 Å². The molecular formula is C22H14Cl3N3O4. The third kappa shape index (κ3) is 4.36. The van der Waals surface area contributed by atoms with Gasteiger partial charge in [0.05, 0.1) is 23.5 Å². The van der Waals surface area contributed by atoms with E-state index in [9.17, 15) is 9.59 Å². The van der Waals surface area contributed by atoms with Gasteiger partial charge < -0.3 is 18.3 Å². The fraction of sp³-hybridized carbons (Fsp3) is 0.0455. The van der Waals surface area contributed by atoms with Gasteiger partial charge in [-0.2, -0.15) is 0 Å². The average molecular weight is 491 g/mol.